The second-order valence-electron chi connectivity index (χ2n) is 11.5. The molecule has 3 aromatic carbocycles. The van der Waals surface area contributed by atoms with Gasteiger partial charge in [0.05, 0.1) is 19.8 Å². The van der Waals surface area contributed by atoms with E-state index in [1.807, 2.05) is 66.7 Å². The first-order valence-electron chi connectivity index (χ1n) is 13.6. The summed E-state index contributed by atoms with van der Waals surface area (Å²) >= 11 is 1.60. The van der Waals surface area contributed by atoms with Crippen molar-refractivity contribution >= 4 is 20.1 Å². The third-order valence-corrected chi connectivity index (χ3v) is 13.2. The molecule has 4 rings (SSSR count). The Morgan fingerprint density at radius 3 is 1.72 bits per heavy atom. The summed E-state index contributed by atoms with van der Waals surface area (Å²) < 4.78 is 26.9. The molecule has 0 aliphatic carbocycles. The second-order valence-corrected chi connectivity index (χ2v) is 17.4. The van der Waals surface area contributed by atoms with Crippen LogP contribution in [-0.2, 0) is 31.9 Å². The SMILES string of the molecule is CC(C)(C)[Si](C)(C)O[C@@H]1[C@@H](OCc2ccccc2)[C@H](Sc2ccccc2)O[C@H](CO)[C@H]1OCc1ccccc1. The van der Waals surface area contributed by atoms with Crippen molar-refractivity contribution in [2.24, 2.45) is 0 Å². The molecule has 1 fully saturated rings. The third kappa shape index (κ3) is 8.04. The minimum atomic E-state index is -2.26. The van der Waals surface area contributed by atoms with E-state index in [1.54, 1.807) is 11.8 Å². The monoisotopic (exact) mass is 566 g/mol. The van der Waals surface area contributed by atoms with Gasteiger partial charge in [-0.15, -0.1) is 0 Å². The largest absolute Gasteiger partial charge is 0.408 e. The predicted molar refractivity (Wildman–Crippen MR) is 160 cm³/mol. The Bertz CT molecular complexity index is 1120. The van der Waals surface area contributed by atoms with Crippen LogP contribution in [0, 0.1) is 0 Å². The van der Waals surface area contributed by atoms with E-state index in [9.17, 15) is 5.11 Å². The maximum absolute atomic E-state index is 10.5. The molecule has 1 aliphatic rings. The fourth-order valence-corrected chi connectivity index (χ4v) is 6.77. The summed E-state index contributed by atoms with van der Waals surface area (Å²) in [6, 6.07) is 30.4. The highest BCUT2D eigenvalue weighted by Gasteiger charge is 2.52. The van der Waals surface area contributed by atoms with E-state index >= 15 is 0 Å². The number of hydrogen-bond acceptors (Lipinski definition) is 6. The Morgan fingerprint density at radius 1 is 0.744 bits per heavy atom. The number of ether oxygens (including phenoxy) is 3. The Morgan fingerprint density at radius 2 is 1.23 bits per heavy atom. The van der Waals surface area contributed by atoms with Crippen LogP contribution in [-0.4, -0.2) is 49.9 Å². The molecule has 0 bridgehead atoms. The summed E-state index contributed by atoms with van der Waals surface area (Å²) in [5.41, 5.74) is 1.75. The van der Waals surface area contributed by atoms with Gasteiger partial charge in [-0.3, -0.25) is 0 Å². The first-order valence-corrected chi connectivity index (χ1v) is 17.4. The Balaban J connectivity index is 1.69. The van der Waals surface area contributed by atoms with Crippen LogP contribution in [0.3, 0.4) is 0 Å². The van der Waals surface area contributed by atoms with Crippen LogP contribution >= 0.6 is 11.8 Å². The van der Waals surface area contributed by atoms with Crippen molar-refractivity contribution in [2.45, 2.75) is 86.9 Å². The molecule has 39 heavy (non-hydrogen) atoms. The number of benzene rings is 3. The van der Waals surface area contributed by atoms with Gasteiger partial charge in [-0.1, -0.05) is 111 Å². The second kappa shape index (κ2) is 13.6. The summed E-state index contributed by atoms with van der Waals surface area (Å²) in [4.78, 5) is 1.07. The van der Waals surface area contributed by atoms with E-state index in [1.165, 1.54) is 0 Å². The highest BCUT2D eigenvalue weighted by atomic mass is 32.2. The third-order valence-electron chi connectivity index (χ3n) is 7.57. The minimum Gasteiger partial charge on any atom is -0.408 e. The predicted octanol–water partition coefficient (Wildman–Crippen LogP) is 7.06. The van der Waals surface area contributed by atoms with Crippen LogP contribution in [0.4, 0.5) is 0 Å². The minimum absolute atomic E-state index is 0.0178. The number of hydrogen-bond donors (Lipinski definition) is 1. The molecule has 0 saturated carbocycles. The number of thioether (sulfide) groups is 1. The highest BCUT2D eigenvalue weighted by Crippen LogP contribution is 2.43. The first kappa shape index (κ1) is 30.0. The van der Waals surface area contributed by atoms with Gasteiger partial charge >= 0.3 is 0 Å². The topological polar surface area (TPSA) is 57.2 Å². The summed E-state index contributed by atoms with van der Waals surface area (Å²) in [6.45, 7) is 11.8. The van der Waals surface area contributed by atoms with Crippen LogP contribution in [0.1, 0.15) is 31.9 Å². The molecule has 1 saturated heterocycles. The van der Waals surface area contributed by atoms with Gasteiger partial charge in [0.1, 0.15) is 29.9 Å². The fourth-order valence-electron chi connectivity index (χ4n) is 4.32. The molecule has 0 amide bonds. The molecule has 1 N–H and O–H groups in total. The average molecular weight is 567 g/mol. The molecular formula is C32H42O5SSi. The maximum Gasteiger partial charge on any atom is 0.192 e. The lowest BCUT2D eigenvalue weighted by molar-refractivity contribution is -0.233. The van der Waals surface area contributed by atoms with Crippen LogP contribution in [0.5, 0.6) is 0 Å². The van der Waals surface area contributed by atoms with Crippen LogP contribution < -0.4 is 0 Å². The average Bonchev–Trinajstić information content (AvgIpc) is 2.92. The van der Waals surface area contributed by atoms with Gasteiger partial charge < -0.3 is 23.7 Å². The Hall–Kier alpha value is -1.97. The van der Waals surface area contributed by atoms with Crippen LogP contribution in [0.25, 0.3) is 0 Å². The van der Waals surface area contributed by atoms with E-state index in [0.717, 1.165) is 16.0 Å². The van der Waals surface area contributed by atoms with E-state index in [0.29, 0.717) is 13.2 Å². The van der Waals surface area contributed by atoms with Crippen molar-refractivity contribution < 1.29 is 23.7 Å². The molecule has 0 unspecified atom stereocenters. The fraction of sp³-hybridized carbons (Fsp3) is 0.438. The van der Waals surface area contributed by atoms with Crippen LogP contribution in [0.15, 0.2) is 95.9 Å². The molecule has 0 spiro atoms. The van der Waals surface area contributed by atoms with Crippen molar-refractivity contribution in [3.63, 3.8) is 0 Å². The van der Waals surface area contributed by atoms with Crippen molar-refractivity contribution in [1.82, 2.24) is 0 Å². The number of aliphatic hydroxyl groups excluding tert-OH is 1. The van der Waals surface area contributed by atoms with Gasteiger partial charge in [-0.25, -0.2) is 0 Å². The maximum atomic E-state index is 10.5. The lowest BCUT2D eigenvalue weighted by Gasteiger charge is -2.49. The van der Waals surface area contributed by atoms with Crippen molar-refractivity contribution in [2.75, 3.05) is 6.61 Å². The summed E-state index contributed by atoms with van der Waals surface area (Å²) in [5, 5.41) is 10.5. The van der Waals surface area contributed by atoms with E-state index < -0.39 is 32.7 Å². The summed E-state index contributed by atoms with van der Waals surface area (Å²) in [7, 11) is -2.26. The quantitative estimate of drug-likeness (QED) is 0.251. The van der Waals surface area contributed by atoms with E-state index in [-0.39, 0.29) is 17.1 Å². The van der Waals surface area contributed by atoms with Gasteiger partial charge in [-0.05, 0) is 41.4 Å². The molecule has 7 heteroatoms. The van der Waals surface area contributed by atoms with Gasteiger partial charge in [0.2, 0.25) is 0 Å². The zero-order chi connectivity index (χ0) is 27.9. The molecule has 5 nitrogen and oxygen atoms in total. The first-order chi connectivity index (χ1) is 18.7. The van der Waals surface area contributed by atoms with Crippen molar-refractivity contribution in [1.29, 1.82) is 0 Å². The molecule has 0 radical (unpaired) electrons. The van der Waals surface area contributed by atoms with E-state index in [2.05, 4.69) is 58.1 Å². The van der Waals surface area contributed by atoms with Gasteiger partial charge in [-0.2, -0.15) is 0 Å². The van der Waals surface area contributed by atoms with Crippen LogP contribution in [0.2, 0.25) is 18.1 Å². The van der Waals surface area contributed by atoms with Gasteiger partial charge in [0, 0.05) is 4.90 Å². The summed E-state index contributed by atoms with van der Waals surface area (Å²) in [5.74, 6) is 0. The molecule has 3 aromatic rings. The molecule has 210 valence electrons. The van der Waals surface area contributed by atoms with Gasteiger partial charge in [0.25, 0.3) is 0 Å². The molecule has 1 heterocycles. The van der Waals surface area contributed by atoms with E-state index in [4.69, 9.17) is 18.6 Å². The Kier molecular flexibility index (Phi) is 10.5. The molecular weight excluding hydrogens is 525 g/mol. The molecule has 0 aromatic heterocycles. The number of aliphatic hydroxyl groups is 1. The normalized spacial score (nSPS) is 24.0. The zero-order valence-electron chi connectivity index (χ0n) is 23.7. The Labute approximate surface area is 239 Å². The molecule has 1 aliphatic heterocycles. The van der Waals surface area contributed by atoms with Crippen molar-refractivity contribution in [3.8, 4) is 0 Å². The summed E-state index contributed by atoms with van der Waals surface area (Å²) in [6.07, 6.45) is -1.91. The number of rotatable bonds is 11. The van der Waals surface area contributed by atoms with Gasteiger partial charge in [0.15, 0.2) is 8.32 Å². The smallest absolute Gasteiger partial charge is 0.192 e. The lowest BCUT2D eigenvalue weighted by atomic mass is 9.99. The van der Waals surface area contributed by atoms with Crippen molar-refractivity contribution in [3.05, 3.63) is 102 Å². The lowest BCUT2D eigenvalue weighted by Crippen LogP contribution is -2.63. The molecule has 5 atom stereocenters. The standard InChI is InChI=1S/C32H42O5SSi/c1-32(2,3)39(4,5)37-29-28(34-22-24-15-9-6-10-16-24)27(21-33)36-31(38-26-19-13-8-14-20-26)30(29)35-23-25-17-11-7-12-18-25/h6-20,27-31,33H,21-23H2,1-5H3/t27-,28-,29+,30-,31+/m1/s1. The zero-order valence-corrected chi connectivity index (χ0v) is 25.5. The highest BCUT2D eigenvalue weighted by molar-refractivity contribution is 7.99.